The van der Waals surface area contributed by atoms with Gasteiger partial charge in [-0.2, -0.15) is 0 Å². The number of carboxylic acids is 1. The molecule has 0 aliphatic heterocycles. The number of carboxylic acid groups (broad SMARTS) is 1. The minimum atomic E-state index is -0.884. The van der Waals surface area contributed by atoms with Crippen LogP contribution in [0.15, 0.2) is 59.5 Å². The molecule has 2 N–H and O–H groups in total. The first-order chi connectivity index (χ1) is 12.6. The van der Waals surface area contributed by atoms with Gasteiger partial charge in [-0.05, 0) is 37.5 Å². The zero-order valence-electron chi connectivity index (χ0n) is 14.7. The number of nitrogens with one attached hydrogen (secondary N) is 1. The van der Waals surface area contributed by atoms with Crippen LogP contribution in [0.1, 0.15) is 48.0 Å². The number of rotatable bonds is 6. The number of carbonyl (C=O) groups excluding carboxylic acids is 1. The van der Waals surface area contributed by atoms with Crippen molar-refractivity contribution in [2.75, 3.05) is 0 Å². The van der Waals surface area contributed by atoms with Crippen LogP contribution in [-0.2, 0) is 4.79 Å². The first-order valence-corrected chi connectivity index (χ1v) is 9.78. The Morgan fingerprint density at radius 1 is 1.08 bits per heavy atom. The van der Waals surface area contributed by atoms with E-state index in [1.807, 2.05) is 36.4 Å². The number of hydrogen-bond donors (Lipinski definition) is 2. The van der Waals surface area contributed by atoms with Crippen molar-refractivity contribution in [3.63, 3.8) is 0 Å². The maximum Gasteiger partial charge on any atom is 0.316 e. The second kappa shape index (κ2) is 8.41. The van der Waals surface area contributed by atoms with Gasteiger partial charge < -0.3 is 10.4 Å². The Morgan fingerprint density at radius 3 is 2.50 bits per heavy atom. The molecule has 3 atom stereocenters. The van der Waals surface area contributed by atoms with Crippen LogP contribution in [0.25, 0.3) is 0 Å². The van der Waals surface area contributed by atoms with Gasteiger partial charge in [0.05, 0.1) is 5.56 Å². The third-order valence-electron chi connectivity index (χ3n) is 4.84. The van der Waals surface area contributed by atoms with E-state index >= 15 is 0 Å². The molecule has 0 bridgehead atoms. The van der Waals surface area contributed by atoms with Gasteiger partial charge in [-0.25, -0.2) is 0 Å². The minimum absolute atomic E-state index is 0.111. The molecule has 0 heterocycles. The fourth-order valence-electron chi connectivity index (χ4n) is 3.48. The molecule has 26 heavy (non-hydrogen) atoms. The van der Waals surface area contributed by atoms with Crippen LogP contribution in [0.2, 0.25) is 0 Å². The number of thioether (sulfide) groups is 1. The van der Waals surface area contributed by atoms with Crippen molar-refractivity contribution in [1.82, 2.24) is 5.32 Å². The molecule has 2 aromatic carbocycles. The van der Waals surface area contributed by atoms with Crippen molar-refractivity contribution in [3.05, 3.63) is 65.7 Å². The molecule has 1 saturated carbocycles. The number of carbonyl (C=O) groups is 2. The Hall–Kier alpha value is -2.27. The van der Waals surface area contributed by atoms with Crippen LogP contribution >= 0.6 is 11.8 Å². The predicted octanol–water partition coefficient (Wildman–Crippen LogP) is 4.32. The van der Waals surface area contributed by atoms with Crippen LogP contribution in [0.4, 0.5) is 0 Å². The van der Waals surface area contributed by atoms with E-state index in [0.717, 1.165) is 19.3 Å². The summed E-state index contributed by atoms with van der Waals surface area (Å²) in [6.07, 6.45) is 3.13. The second-order valence-corrected chi connectivity index (χ2v) is 8.01. The van der Waals surface area contributed by atoms with E-state index in [1.54, 1.807) is 13.0 Å². The van der Waals surface area contributed by atoms with Crippen LogP contribution in [-0.4, -0.2) is 28.3 Å². The van der Waals surface area contributed by atoms with E-state index in [2.05, 4.69) is 17.4 Å². The Labute approximate surface area is 158 Å². The van der Waals surface area contributed by atoms with Crippen LogP contribution in [0, 0.1) is 0 Å². The molecule has 136 valence electrons. The maximum atomic E-state index is 12.9. The summed E-state index contributed by atoms with van der Waals surface area (Å²) in [7, 11) is 0. The highest BCUT2D eigenvalue weighted by Crippen LogP contribution is 2.35. The largest absolute Gasteiger partial charge is 0.480 e. The number of amides is 1. The van der Waals surface area contributed by atoms with Crippen molar-refractivity contribution < 1.29 is 14.7 Å². The highest BCUT2D eigenvalue weighted by molar-refractivity contribution is 8.00. The smallest absolute Gasteiger partial charge is 0.316 e. The number of hydrogen-bond acceptors (Lipinski definition) is 3. The summed E-state index contributed by atoms with van der Waals surface area (Å²) >= 11 is 1.20. The molecule has 1 fully saturated rings. The lowest BCUT2D eigenvalue weighted by atomic mass is 9.94. The second-order valence-electron chi connectivity index (χ2n) is 6.62. The van der Waals surface area contributed by atoms with Crippen molar-refractivity contribution >= 4 is 23.6 Å². The molecule has 2 aromatic rings. The van der Waals surface area contributed by atoms with E-state index in [4.69, 9.17) is 5.11 Å². The molecule has 1 aliphatic rings. The monoisotopic (exact) mass is 369 g/mol. The molecule has 3 rings (SSSR count). The normalized spacial score (nSPS) is 20.5. The lowest BCUT2D eigenvalue weighted by Gasteiger charge is -2.22. The van der Waals surface area contributed by atoms with E-state index in [-0.39, 0.29) is 11.9 Å². The quantitative estimate of drug-likeness (QED) is 0.744. The maximum absolute atomic E-state index is 12.9. The van der Waals surface area contributed by atoms with Gasteiger partial charge in [0, 0.05) is 16.9 Å². The highest BCUT2D eigenvalue weighted by Gasteiger charge is 2.30. The number of aliphatic carboxylic acids is 1. The third-order valence-corrected chi connectivity index (χ3v) is 6.01. The summed E-state index contributed by atoms with van der Waals surface area (Å²) in [4.78, 5) is 24.7. The zero-order valence-corrected chi connectivity index (χ0v) is 15.5. The molecule has 0 saturated heterocycles. The molecule has 5 heteroatoms. The molecule has 0 spiro atoms. The topological polar surface area (TPSA) is 66.4 Å². The standard InChI is InChI=1S/C21H23NO3S/c1-14(21(24)25)26-19-13-6-5-10-17(19)20(23)22-18-12-7-11-16(18)15-8-3-2-4-9-15/h2-6,8-10,13-14,16,18H,7,11-12H2,1H3,(H,22,23)(H,24,25)/t14?,16-,18+/m0/s1. The number of benzene rings is 2. The summed E-state index contributed by atoms with van der Waals surface area (Å²) in [6, 6.07) is 17.6. The summed E-state index contributed by atoms with van der Waals surface area (Å²) in [5, 5.41) is 11.7. The Kier molecular flexibility index (Phi) is 5.99. The van der Waals surface area contributed by atoms with Gasteiger partial charge in [-0.1, -0.05) is 48.9 Å². The SMILES string of the molecule is CC(Sc1ccccc1C(=O)N[C@@H]1CCC[C@H]1c1ccccc1)C(=O)O. The van der Waals surface area contributed by atoms with Gasteiger partial charge in [0.15, 0.2) is 0 Å². The highest BCUT2D eigenvalue weighted by atomic mass is 32.2. The molecule has 4 nitrogen and oxygen atoms in total. The minimum Gasteiger partial charge on any atom is -0.480 e. The van der Waals surface area contributed by atoms with Gasteiger partial charge >= 0.3 is 5.97 Å². The fraction of sp³-hybridized carbons (Fsp3) is 0.333. The summed E-state index contributed by atoms with van der Waals surface area (Å²) in [6.45, 7) is 1.63. The van der Waals surface area contributed by atoms with Crippen molar-refractivity contribution in [2.45, 2.75) is 48.3 Å². The van der Waals surface area contributed by atoms with E-state index in [9.17, 15) is 9.59 Å². The average Bonchev–Trinajstić information content (AvgIpc) is 3.10. The van der Waals surface area contributed by atoms with Crippen LogP contribution < -0.4 is 5.32 Å². The summed E-state index contributed by atoms with van der Waals surface area (Å²) < 4.78 is 0. The van der Waals surface area contributed by atoms with Gasteiger partial charge in [0.1, 0.15) is 5.25 Å². The van der Waals surface area contributed by atoms with Crippen molar-refractivity contribution in [2.24, 2.45) is 0 Å². The average molecular weight is 369 g/mol. The first-order valence-electron chi connectivity index (χ1n) is 8.90. The first kappa shape index (κ1) is 18.5. The predicted molar refractivity (Wildman–Crippen MR) is 104 cm³/mol. The molecule has 1 aliphatic carbocycles. The molecule has 0 radical (unpaired) electrons. The molecule has 1 unspecified atom stereocenters. The lowest BCUT2D eigenvalue weighted by molar-refractivity contribution is -0.136. The third kappa shape index (κ3) is 4.28. The van der Waals surface area contributed by atoms with Crippen LogP contribution in [0.3, 0.4) is 0 Å². The lowest BCUT2D eigenvalue weighted by Crippen LogP contribution is -2.36. The van der Waals surface area contributed by atoms with Crippen molar-refractivity contribution in [1.29, 1.82) is 0 Å². The summed E-state index contributed by atoms with van der Waals surface area (Å²) in [5.74, 6) is -0.679. The van der Waals surface area contributed by atoms with Gasteiger partial charge in [0.25, 0.3) is 5.91 Å². The van der Waals surface area contributed by atoms with Crippen LogP contribution in [0.5, 0.6) is 0 Å². The van der Waals surface area contributed by atoms with E-state index < -0.39 is 11.2 Å². The Morgan fingerprint density at radius 2 is 1.77 bits per heavy atom. The Bertz CT molecular complexity index is 778. The summed E-state index contributed by atoms with van der Waals surface area (Å²) in [5.41, 5.74) is 1.81. The van der Waals surface area contributed by atoms with Gasteiger partial charge in [-0.15, -0.1) is 11.8 Å². The zero-order chi connectivity index (χ0) is 18.5. The Balaban J connectivity index is 1.75. The molecule has 1 amide bonds. The van der Waals surface area contributed by atoms with Gasteiger partial charge in [0.2, 0.25) is 0 Å². The van der Waals surface area contributed by atoms with E-state index in [1.165, 1.54) is 17.3 Å². The molecule has 0 aromatic heterocycles. The fourth-order valence-corrected chi connectivity index (χ4v) is 4.40. The van der Waals surface area contributed by atoms with Crippen molar-refractivity contribution in [3.8, 4) is 0 Å². The van der Waals surface area contributed by atoms with E-state index in [0.29, 0.717) is 16.4 Å². The molecular formula is C21H23NO3S. The molecular weight excluding hydrogens is 346 g/mol. The van der Waals surface area contributed by atoms with Gasteiger partial charge in [-0.3, -0.25) is 9.59 Å².